The van der Waals surface area contributed by atoms with Gasteiger partial charge < -0.3 is 4.74 Å². The van der Waals surface area contributed by atoms with Gasteiger partial charge in [0, 0.05) is 45.1 Å². The first-order valence-corrected chi connectivity index (χ1v) is 8.86. The second kappa shape index (κ2) is 5.54. The summed E-state index contributed by atoms with van der Waals surface area (Å²) in [4.78, 5) is 16.7. The monoisotopic (exact) mass is 292 g/mol. The van der Waals surface area contributed by atoms with Crippen LogP contribution in [0.1, 0.15) is 45.4 Å². The lowest BCUT2D eigenvalue weighted by atomic mass is 9.70. The minimum atomic E-state index is -0.109. The van der Waals surface area contributed by atoms with E-state index in [1.807, 2.05) is 0 Å². The van der Waals surface area contributed by atoms with Gasteiger partial charge in [0.1, 0.15) is 6.10 Å². The number of piperidine rings is 4. The Morgan fingerprint density at radius 1 is 0.952 bits per heavy atom. The highest BCUT2D eigenvalue weighted by Crippen LogP contribution is 2.43. The molecule has 0 aliphatic carbocycles. The Balaban J connectivity index is 1.47. The average Bonchev–Trinajstić information content (AvgIpc) is 2.47. The maximum absolute atomic E-state index is 11.2. The van der Waals surface area contributed by atoms with Crippen molar-refractivity contribution in [1.82, 2.24) is 9.80 Å². The van der Waals surface area contributed by atoms with Crippen molar-refractivity contribution >= 4 is 5.97 Å². The molecule has 0 amide bonds. The number of ether oxygens (including phenoxy) is 1. The summed E-state index contributed by atoms with van der Waals surface area (Å²) in [5.74, 6) is 1.59. The zero-order valence-electron chi connectivity index (χ0n) is 13.2. The van der Waals surface area contributed by atoms with Gasteiger partial charge in [-0.15, -0.1) is 0 Å². The van der Waals surface area contributed by atoms with Crippen LogP contribution in [-0.4, -0.2) is 60.1 Å². The summed E-state index contributed by atoms with van der Waals surface area (Å²) in [7, 11) is 0. The summed E-state index contributed by atoms with van der Waals surface area (Å²) < 4.78 is 5.51. The van der Waals surface area contributed by atoms with Crippen LogP contribution in [0.4, 0.5) is 0 Å². The fourth-order valence-electron chi connectivity index (χ4n) is 5.55. The Morgan fingerprint density at radius 3 is 2.52 bits per heavy atom. The molecule has 118 valence electrons. The number of carbonyl (C=O) groups excluding carboxylic acids is 1. The van der Waals surface area contributed by atoms with Crippen LogP contribution in [0.3, 0.4) is 0 Å². The molecule has 0 aromatic heterocycles. The van der Waals surface area contributed by atoms with E-state index in [2.05, 4.69) is 9.80 Å². The van der Waals surface area contributed by atoms with Crippen molar-refractivity contribution in [2.45, 2.75) is 63.6 Å². The molecule has 0 unspecified atom stereocenters. The SMILES string of the molecule is CC(=O)O[C@H]1CCN2C[C@@H]3C[C@@H](CN4CCCC[C@H]34)[C@@H]2C1. The zero-order valence-corrected chi connectivity index (χ0v) is 13.2. The average molecular weight is 292 g/mol. The normalized spacial score (nSPS) is 43.8. The topological polar surface area (TPSA) is 32.8 Å². The van der Waals surface area contributed by atoms with Gasteiger partial charge in [0.05, 0.1) is 0 Å². The molecule has 5 atom stereocenters. The molecular formula is C17H28N2O2. The third-order valence-corrected chi connectivity index (χ3v) is 6.34. The van der Waals surface area contributed by atoms with Gasteiger partial charge in [-0.05, 0) is 44.1 Å². The smallest absolute Gasteiger partial charge is 0.302 e. The van der Waals surface area contributed by atoms with Crippen LogP contribution < -0.4 is 0 Å². The lowest BCUT2D eigenvalue weighted by Crippen LogP contribution is -2.64. The summed E-state index contributed by atoms with van der Waals surface area (Å²) in [6.07, 6.45) is 7.92. The number of hydrogen-bond donors (Lipinski definition) is 0. The van der Waals surface area contributed by atoms with Crippen molar-refractivity contribution in [1.29, 1.82) is 0 Å². The Bertz CT molecular complexity index is 414. The maximum atomic E-state index is 11.2. The van der Waals surface area contributed by atoms with Gasteiger partial charge >= 0.3 is 5.97 Å². The van der Waals surface area contributed by atoms with Crippen LogP contribution in [0.5, 0.6) is 0 Å². The first kappa shape index (κ1) is 14.0. The molecule has 4 saturated heterocycles. The van der Waals surface area contributed by atoms with E-state index in [9.17, 15) is 4.79 Å². The Hall–Kier alpha value is -0.610. The molecule has 0 radical (unpaired) electrons. The summed E-state index contributed by atoms with van der Waals surface area (Å²) >= 11 is 0. The molecule has 4 heterocycles. The molecule has 0 saturated carbocycles. The molecule has 0 aromatic rings. The third kappa shape index (κ3) is 2.61. The standard InChI is InChI=1S/C17H28N2O2/c1-12(20)21-15-5-7-19-10-13-8-14(17(19)9-15)11-18-6-3-2-4-16(13)18/h13-17H,2-11H2,1H3/t13-,14-,15-,16+,17-/m0/s1. The number of fused-ring (bicyclic) bond motifs is 6. The zero-order chi connectivity index (χ0) is 14.4. The number of rotatable bonds is 1. The van der Waals surface area contributed by atoms with Crippen LogP contribution in [-0.2, 0) is 9.53 Å². The van der Waals surface area contributed by atoms with E-state index in [-0.39, 0.29) is 12.1 Å². The highest BCUT2D eigenvalue weighted by Gasteiger charge is 2.47. The molecule has 4 nitrogen and oxygen atoms in total. The Labute approximate surface area is 127 Å². The number of hydrogen-bond acceptors (Lipinski definition) is 4. The molecule has 0 aromatic carbocycles. The minimum Gasteiger partial charge on any atom is -0.462 e. The minimum absolute atomic E-state index is 0.109. The van der Waals surface area contributed by atoms with Crippen LogP contribution in [0.2, 0.25) is 0 Å². The van der Waals surface area contributed by atoms with E-state index in [1.54, 1.807) is 6.92 Å². The summed E-state index contributed by atoms with van der Waals surface area (Å²) in [5.41, 5.74) is 0. The van der Waals surface area contributed by atoms with Gasteiger partial charge in [0.15, 0.2) is 0 Å². The lowest BCUT2D eigenvalue weighted by Gasteiger charge is -2.57. The van der Waals surface area contributed by atoms with Gasteiger partial charge in [-0.1, -0.05) is 6.42 Å². The van der Waals surface area contributed by atoms with Gasteiger partial charge in [-0.2, -0.15) is 0 Å². The number of carbonyl (C=O) groups is 1. The molecule has 4 fully saturated rings. The molecule has 4 aliphatic heterocycles. The lowest BCUT2D eigenvalue weighted by molar-refractivity contribution is -0.153. The first-order valence-electron chi connectivity index (χ1n) is 8.86. The number of esters is 1. The van der Waals surface area contributed by atoms with Gasteiger partial charge in [0.2, 0.25) is 0 Å². The summed E-state index contributed by atoms with van der Waals surface area (Å²) in [5, 5.41) is 0. The van der Waals surface area contributed by atoms with Crippen molar-refractivity contribution in [3.8, 4) is 0 Å². The van der Waals surface area contributed by atoms with E-state index in [4.69, 9.17) is 4.74 Å². The van der Waals surface area contributed by atoms with E-state index < -0.39 is 0 Å². The molecule has 2 bridgehead atoms. The van der Waals surface area contributed by atoms with Crippen molar-refractivity contribution < 1.29 is 9.53 Å². The molecule has 0 N–H and O–H groups in total. The molecule has 4 heteroatoms. The molecule has 4 rings (SSSR count). The van der Waals surface area contributed by atoms with Gasteiger partial charge in [0.25, 0.3) is 0 Å². The van der Waals surface area contributed by atoms with Crippen molar-refractivity contribution in [3.63, 3.8) is 0 Å². The van der Waals surface area contributed by atoms with Crippen LogP contribution in [0.25, 0.3) is 0 Å². The van der Waals surface area contributed by atoms with Crippen LogP contribution >= 0.6 is 0 Å². The van der Waals surface area contributed by atoms with Crippen LogP contribution in [0, 0.1) is 11.8 Å². The van der Waals surface area contributed by atoms with Crippen molar-refractivity contribution in [3.05, 3.63) is 0 Å². The maximum Gasteiger partial charge on any atom is 0.302 e. The fourth-order valence-corrected chi connectivity index (χ4v) is 5.55. The molecule has 21 heavy (non-hydrogen) atoms. The predicted molar refractivity (Wildman–Crippen MR) is 81.0 cm³/mol. The largest absolute Gasteiger partial charge is 0.462 e. The van der Waals surface area contributed by atoms with Crippen molar-refractivity contribution in [2.24, 2.45) is 11.8 Å². The fraction of sp³-hybridized carbons (Fsp3) is 0.941. The summed E-state index contributed by atoms with van der Waals surface area (Å²) in [6.45, 7) is 6.56. The molecule has 4 aliphatic rings. The summed E-state index contributed by atoms with van der Waals surface area (Å²) in [6, 6.07) is 1.52. The van der Waals surface area contributed by atoms with Crippen molar-refractivity contribution in [2.75, 3.05) is 26.2 Å². The number of nitrogens with zero attached hydrogens (tertiary/aromatic N) is 2. The van der Waals surface area contributed by atoms with Gasteiger partial charge in [-0.25, -0.2) is 0 Å². The predicted octanol–water partition coefficient (Wildman–Crippen LogP) is 1.89. The molecule has 0 spiro atoms. The van der Waals surface area contributed by atoms with E-state index in [0.29, 0.717) is 6.04 Å². The Morgan fingerprint density at radius 2 is 1.71 bits per heavy atom. The van der Waals surface area contributed by atoms with Crippen LogP contribution in [0.15, 0.2) is 0 Å². The second-order valence-corrected chi connectivity index (χ2v) is 7.63. The van der Waals surface area contributed by atoms with E-state index >= 15 is 0 Å². The highest BCUT2D eigenvalue weighted by molar-refractivity contribution is 5.66. The third-order valence-electron chi connectivity index (χ3n) is 6.34. The quantitative estimate of drug-likeness (QED) is 0.691. The van der Waals surface area contributed by atoms with E-state index in [0.717, 1.165) is 37.3 Å². The Kier molecular flexibility index (Phi) is 3.70. The van der Waals surface area contributed by atoms with E-state index in [1.165, 1.54) is 45.3 Å². The van der Waals surface area contributed by atoms with Gasteiger partial charge in [-0.3, -0.25) is 14.6 Å². The second-order valence-electron chi connectivity index (χ2n) is 7.63. The first-order chi connectivity index (χ1) is 10.2. The molecular weight excluding hydrogens is 264 g/mol. The highest BCUT2D eigenvalue weighted by atomic mass is 16.5.